The Balaban J connectivity index is 2.13. The van der Waals surface area contributed by atoms with Gasteiger partial charge in [-0.3, -0.25) is 4.79 Å². The second-order valence-electron chi connectivity index (χ2n) is 2.85. The maximum atomic E-state index is 10.9. The van der Waals surface area contributed by atoms with Crippen molar-refractivity contribution in [3.8, 4) is 11.8 Å². The van der Waals surface area contributed by atoms with E-state index in [1.54, 1.807) is 6.07 Å². The normalized spacial score (nSPS) is 9.00. The molecular formula is C11H12N2O2. The third-order valence-corrected chi connectivity index (χ3v) is 1.68. The van der Waals surface area contributed by atoms with Crippen molar-refractivity contribution in [2.75, 3.05) is 13.2 Å². The third kappa shape index (κ3) is 4.67. The lowest BCUT2D eigenvalue weighted by atomic mass is 10.3. The van der Waals surface area contributed by atoms with Crippen LogP contribution in [0.1, 0.15) is 6.42 Å². The standard InChI is InChI=1S/C11H12N2O2/c12-7-6-11(14)13-8-9-15-10-4-2-1-3-5-10/h1-5H,6,8-9H2,(H,13,14). The smallest absolute Gasteiger partial charge is 0.234 e. The number of nitrogens with one attached hydrogen (secondary N) is 1. The Morgan fingerprint density at radius 3 is 2.80 bits per heavy atom. The highest BCUT2D eigenvalue weighted by molar-refractivity contribution is 5.77. The predicted molar refractivity (Wildman–Crippen MR) is 55.2 cm³/mol. The van der Waals surface area contributed by atoms with Crippen LogP contribution >= 0.6 is 0 Å². The van der Waals surface area contributed by atoms with Gasteiger partial charge in [0.05, 0.1) is 12.6 Å². The summed E-state index contributed by atoms with van der Waals surface area (Å²) in [5.74, 6) is 0.501. The number of hydrogen-bond acceptors (Lipinski definition) is 3. The second kappa shape index (κ2) is 6.44. The van der Waals surface area contributed by atoms with Crippen molar-refractivity contribution in [2.45, 2.75) is 6.42 Å². The van der Waals surface area contributed by atoms with Gasteiger partial charge in [-0.1, -0.05) is 18.2 Å². The topological polar surface area (TPSA) is 62.1 Å². The lowest BCUT2D eigenvalue weighted by molar-refractivity contribution is -0.120. The van der Waals surface area contributed by atoms with Crippen molar-refractivity contribution in [2.24, 2.45) is 0 Å². The van der Waals surface area contributed by atoms with Crippen LogP contribution in [0, 0.1) is 11.3 Å². The summed E-state index contributed by atoms with van der Waals surface area (Å²) in [6, 6.07) is 11.1. The SMILES string of the molecule is N#CCC(=O)NCCOc1ccccc1. The molecule has 0 aliphatic heterocycles. The molecule has 1 aromatic carbocycles. The van der Waals surface area contributed by atoms with Crippen LogP contribution in [0.25, 0.3) is 0 Å². The number of para-hydroxylation sites is 1. The van der Waals surface area contributed by atoms with E-state index in [4.69, 9.17) is 10.00 Å². The molecule has 0 spiro atoms. The fourth-order valence-corrected chi connectivity index (χ4v) is 1.01. The Morgan fingerprint density at radius 2 is 2.13 bits per heavy atom. The Bertz CT molecular complexity index is 343. The summed E-state index contributed by atoms with van der Waals surface area (Å²) in [7, 11) is 0. The molecule has 0 fully saturated rings. The quantitative estimate of drug-likeness (QED) is 0.730. The third-order valence-electron chi connectivity index (χ3n) is 1.68. The van der Waals surface area contributed by atoms with Gasteiger partial charge >= 0.3 is 0 Å². The summed E-state index contributed by atoms with van der Waals surface area (Å²) in [5, 5.41) is 10.8. The lowest BCUT2D eigenvalue weighted by Gasteiger charge is -2.05. The molecule has 78 valence electrons. The average Bonchev–Trinajstić information content (AvgIpc) is 2.26. The maximum absolute atomic E-state index is 10.9. The van der Waals surface area contributed by atoms with Crippen LogP contribution in [0.2, 0.25) is 0 Å². The first-order valence-electron chi connectivity index (χ1n) is 4.64. The van der Waals surface area contributed by atoms with Crippen molar-refractivity contribution in [1.82, 2.24) is 5.32 Å². The van der Waals surface area contributed by atoms with E-state index in [1.807, 2.05) is 30.3 Å². The second-order valence-corrected chi connectivity index (χ2v) is 2.85. The van der Waals surface area contributed by atoms with Crippen LogP contribution in [0.3, 0.4) is 0 Å². The molecule has 4 nitrogen and oxygen atoms in total. The summed E-state index contributed by atoms with van der Waals surface area (Å²) < 4.78 is 5.34. The molecule has 0 aliphatic rings. The summed E-state index contributed by atoms with van der Waals surface area (Å²) in [4.78, 5) is 10.9. The summed E-state index contributed by atoms with van der Waals surface area (Å²) in [5.41, 5.74) is 0. The molecule has 0 aromatic heterocycles. The fraction of sp³-hybridized carbons (Fsp3) is 0.273. The van der Waals surface area contributed by atoms with E-state index < -0.39 is 0 Å². The summed E-state index contributed by atoms with van der Waals surface area (Å²) in [6.45, 7) is 0.816. The number of carbonyl (C=O) groups is 1. The van der Waals surface area contributed by atoms with Gasteiger partial charge in [-0.25, -0.2) is 0 Å². The molecule has 0 heterocycles. The molecule has 0 aliphatic carbocycles. The molecule has 4 heteroatoms. The number of carbonyl (C=O) groups excluding carboxylic acids is 1. The Hall–Kier alpha value is -2.02. The zero-order valence-corrected chi connectivity index (χ0v) is 8.27. The molecule has 1 rings (SSSR count). The van der Waals surface area contributed by atoms with Gasteiger partial charge in [0.2, 0.25) is 5.91 Å². The number of ether oxygens (including phenoxy) is 1. The van der Waals surface area contributed by atoms with Crippen LogP contribution in [0.5, 0.6) is 5.75 Å². The molecule has 1 aromatic rings. The molecule has 0 saturated carbocycles. The van der Waals surface area contributed by atoms with Gasteiger partial charge in [-0.15, -0.1) is 0 Å². The molecule has 0 atom stereocenters. The summed E-state index contributed by atoms with van der Waals surface area (Å²) in [6.07, 6.45) is -0.106. The Morgan fingerprint density at radius 1 is 1.40 bits per heavy atom. The number of nitrogens with zero attached hydrogens (tertiary/aromatic N) is 1. The van der Waals surface area contributed by atoms with Gasteiger partial charge < -0.3 is 10.1 Å². The fourth-order valence-electron chi connectivity index (χ4n) is 1.01. The number of rotatable bonds is 5. The zero-order chi connectivity index (χ0) is 10.9. The number of benzene rings is 1. The Kier molecular flexibility index (Phi) is 4.74. The largest absolute Gasteiger partial charge is 0.492 e. The highest BCUT2D eigenvalue weighted by Crippen LogP contribution is 2.07. The number of amides is 1. The van der Waals surface area contributed by atoms with Crippen LogP contribution in [-0.4, -0.2) is 19.1 Å². The lowest BCUT2D eigenvalue weighted by Crippen LogP contribution is -2.27. The predicted octanol–water partition coefficient (Wildman–Crippen LogP) is 1.10. The molecular weight excluding hydrogens is 192 g/mol. The van der Waals surface area contributed by atoms with Crippen molar-refractivity contribution in [1.29, 1.82) is 5.26 Å². The van der Waals surface area contributed by atoms with Crippen LogP contribution in [-0.2, 0) is 4.79 Å². The van der Waals surface area contributed by atoms with Crippen molar-refractivity contribution < 1.29 is 9.53 Å². The molecule has 1 amide bonds. The highest BCUT2D eigenvalue weighted by Gasteiger charge is 1.98. The van der Waals surface area contributed by atoms with Crippen LogP contribution in [0.4, 0.5) is 0 Å². The van der Waals surface area contributed by atoms with Gasteiger partial charge in [0.25, 0.3) is 0 Å². The van der Waals surface area contributed by atoms with E-state index in [1.165, 1.54) is 0 Å². The first-order chi connectivity index (χ1) is 7.33. The number of nitriles is 1. The molecule has 0 unspecified atom stereocenters. The number of hydrogen-bond donors (Lipinski definition) is 1. The molecule has 0 bridgehead atoms. The van der Waals surface area contributed by atoms with Gasteiger partial charge in [0.15, 0.2) is 0 Å². The van der Waals surface area contributed by atoms with Crippen LogP contribution in [0.15, 0.2) is 30.3 Å². The minimum Gasteiger partial charge on any atom is -0.492 e. The Labute approximate surface area is 88.5 Å². The molecule has 1 N–H and O–H groups in total. The zero-order valence-electron chi connectivity index (χ0n) is 8.27. The summed E-state index contributed by atoms with van der Waals surface area (Å²) >= 11 is 0. The van der Waals surface area contributed by atoms with E-state index in [9.17, 15) is 4.79 Å². The van der Waals surface area contributed by atoms with E-state index in [-0.39, 0.29) is 12.3 Å². The monoisotopic (exact) mass is 204 g/mol. The van der Waals surface area contributed by atoms with E-state index in [0.717, 1.165) is 5.75 Å². The van der Waals surface area contributed by atoms with Crippen molar-refractivity contribution in [3.63, 3.8) is 0 Å². The minimum atomic E-state index is -0.269. The minimum absolute atomic E-state index is 0.106. The van der Waals surface area contributed by atoms with Gasteiger partial charge in [0, 0.05) is 0 Å². The molecule has 0 radical (unpaired) electrons. The average molecular weight is 204 g/mol. The van der Waals surface area contributed by atoms with Crippen molar-refractivity contribution >= 4 is 5.91 Å². The van der Waals surface area contributed by atoms with Gasteiger partial charge in [-0.2, -0.15) is 5.26 Å². The molecule has 0 saturated heterocycles. The maximum Gasteiger partial charge on any atom is 0.234 e. The van der Waals surface area contributed by atoms with Crippen LogP contribution < -0.4 is 10.1 Å². The van der Waals surface area contributed by atoms with E-state index in [0.29, 0.717) is 13.2 Å². The first-order valence-corrected chi connectivity index (χ1v) is 4.64. The van der Waals surface area contributed by atoms with E-state index >= 15 is 0 Å². The van der Waals surface area contributed by atoms with Gasteiger partial charge in [0.1, 0.15) is 18.8 Å². The van der Waals surface area contributed by atoms with E-state index in [2.05, 4.69) is 5.32 Å². The van der Waals surface area contributed by atoms with Gasteiger partial charge in [-0.05, 0) is 12.1 Å². The van der Waals surface area contributed by atoms with Crippen molar-refractivity contribution in [3.05, 3.63) is 30.3 Å². The molecule has 15 heavy (non-hydrogen) atoms. The highest BCUT2D eigenvalue weighted by atomic mass is 16.5. The first kappa shape index (κ1) is 11.1.